The van der Waals surface area contributed by atoms with Crippen molar-refractivity contribution in [2.24, 2.45) is 5.41 Å². The Morgan fingerprint density at radius 2 is 2.03 bits per heavy atom. The lowest BCUT2D eigenvalue weighted by atomic mass is 9.78. The van der Waals surface area contributed by atoms with Crippen molar-refractivity contribution in [1.29, 1.82) is 0 Å². The Bertz CT molecular complexity index is 959. The third-order valence-electron chi connectivity index (χ3n) is 5.88. The molecule has 8 heteroatoms. The number of carbonyl (C=O) groups is 2. The van der Waals surface area contributed by atoms with Crippen LogP contribution in [0.3, 0.4) is 0 Å². The number of esters is 2. The second-order valence-electron chi connectivity index (χ2n) is 8.57. The molecule has 0 bridgehead atoms. The number of ether oxygens (including phenoxy) is 3. The molecule has 1 aromatic heterocycles. The van der Waals surface area contributed by atoms with E-state index in [1.54, 1.807) is 0 Å². The molecule has 0 amide bonds. The van der Waals surface area contributed by atoms with Gasteiger partial charge in [0.05, 0.1) is 12.3 Å². The average Bonchev–Trinajstić information content (AvgIpc) is 3.39. The molecular formula is C23H28N2O5S. The second kappa shape index (κ2) is 8.59. The Morgan fingerprint density at radius 1 is 1.26 bits per heavy atom. The van der Waals surface area contributed by atoms with Gasteiger partial charge in [0.1, 0.15) is 6.10 Å². The number of hydrogen-bond acceptors (Lipinski definition) is 8. The van der Waals surface area contributed by atoms with E-state index in [9.17, 15) is 9.59 Å². The van der Waals surface area contributed by atoms with Crippen molar-refractivity contribution in [2.45, 2.75) is 58.2 Å². The van der Waals surface area contributed by atoms with Gasteiger partial charge in [-0.05, 0) is 32.4 Å². The van der Waals surface area contributed by atoms with E-state index in [0.717, 1.165) is 18.5 Å². The smallest absolute Gasteiger partial charge is 0.324 e. The summed E-state index contributed by atoms with van der Waals surface area (Å²) in [6.45, 7) is 6.85. The van der Waals surface area contributed by atoms with Crippen molar-refractivity contribution >= 4 is 34.1 Å². The first-order valence-corrected chi connectivity index (χ1v) is 11.5. The van der Waals surface area contributed by atoms with E-state index in [-0.39, 0.29) is 12.8 Å². The van der Waals surface area contributed by atoms with E-state index in [1.165, 1.54) is 16.9 Å². The maximum absolute atomic E-state index is 12.8. The number of benzene rings is 1. The predicted molar refractivity (Wildman–Crippen MR) is 117 cm³/mol. The lowest BCUT2D eigenvalue weighted by Crippen LogP contribution is -2.32. The van der Waals surface area contributed by atoms with Crippen molar-refractivity contribution in [3.8, 4) is 0 Å². The molecule has 1 spiro atoms. The number of carbonyl (C=O) groups excluding carboxylic acids is 2. The van der Waals surface area contributed by atoms with Crippen molar-refractivity contribution in [3.63, 3.8) is 0 Å². The van der Waals surface area contributed by atoms with Gasteiger partial charge in [0.15, 0.2) is 16.1 Å². The SMILES string of the molecule is CCCCOCC1C[C@]2(CC(C)(c3csc(Nc4ccc(C)cc4)n3)OC2=O)C(=O)O1. The first-order valence-electron chi connectivity index (χ1n) is 10.7. The van der Waals surface area contributed by atoms with Crippen molar-refractivity contribution < 1.29 is 23.8 Å². The standard InChI is InChI=1S/C23H28N2O5S/c1-4-5-10-28-12-17-11-23(19(26)29-17)14-22(3,30-20(23)27)18-13-31-21(25-18)24-16-8-6-15(2)7-9-16/h6-9,13,17H,4-5,10-12,14H2,1-3H3,(H,24,25)/t17?,22?,23-/m0/s1. The summed E-state index contributed by atoms with van der Waals surface area (Å²) in [7, 11) is 0. The van der Waals surface area contributed by atoms with Crippen LogP contribution in [0.4, 0.5) is 10.8 Å². The van der Waals surface area contributed by atoms with Crippen LogP contribution in [-0.4, -0.2) is 36.2 Å². The van der Waals surface area contributed by atoms with Gasteiger partial charge in [-0.3, -0.25) is 9.59 Å². The molecule has 166 valence electrons. The monoisotopic (exact) mass is 444 g/mol. The molecule has 4 rings (SSSR count). The van der Waals surface area contributed by atoms with Crippen LogP contribution in [0.2, 0.25) is 0 Å². The average molecular weight is 445 g/mol. The summed E-state index contributed by atoms with van der Waals surface area (Å²) >= 11 is 1.43. The van der Waals surface area contributed by atoms with Gasteiger partial charge in [-0.2, -0.15) is 0 Å². The zero-order valence-corrected chi connectivity index (χ0v) is 18.9. The van der Waals surface area contributed by atoms with Gasteiger partial charge < -0.3 is 19.5 Å². The third kappa shape index (κ3) is 4.32. The molecule has 1 N–H and O–H groups in total. The highest BCUT2D eigenvalue weighted by Crippen LogP contribution is 2.52. The Labute approximate surface area is 186 Å². The molecule has 2 aliphatic rings. The van der Waals surface area contributed by atoms with E-state index in [2.05, 4.69) is 17.2 Å². The van der Waals surface area contributed by atoms with Crippen LogP contribution in [0, 0.1) is 12.3 Å². The van der Waals surface area contributed by atoms with Gasteiger partial charge in [0.2, 0.25) is 0 Å². The minimum atomic E-state index is -1.28. The Kier molecular flexibility index (Phi) is 6.03. The number of aryl methyl sites for hydroxylation is 1. The maximum Gasteiger partial charge on any atom is 0.324 e. The number of unbranched alkanes of at least 4 members (excludes halogenated alkanes) is 1. The molecule has 31 heavy (non-hydrogen) atoms. The molecule has 1 aromatic carbocycles. The lowest BCUT2D eigenvalue weighted by Gasteiger charge is -2.20. The predicted octanol–water partition coefficient (Wildman–Crippen LogP) is 4.48. The van der Waals surface area contributed by atoms with Crippen LogP contribution in [0.25, 0.3) is 0 Å². The quantitative estimate of drug-likeness (QED) is 0.365. The molecule has 7 nitrogen and oxygen atoms in total. The van der Waals surface area contributed by atoms with Gasteiger partial charge in [-0.1, -0.05) is 31.0 Å². The zero-order valence-electron chi connectivity index (χ0n) is 18.1. The summed E-state index contributed by atoms with van der Waals surface area (Å²) in [5, 5.41) is 5.84. The first kappa shape index (κ1) is 21.8. The molecule has 3 heterocycles. The highest BCUT2D eigenvalue weighted by Gasteiger charge is 2.65. The number of hydrogen-bond donors (Lipinski definition) is 1. The second-order valence-corrected chi connectivity index (χ2v) is 9.43. The Morgan fingerprint density at radius 3 is 2.77 bits per heavy atom. The molecule has 2 unspecified atom stereocenters. The number of aromatic nitrogens is 1. The molecule has 2 aromatic rings. The summed E-state index contributed by atoms with van der Waals surface area (Å²) in [6, 6.07) is 8.02. The van der Waals surface area contributed by atoms with Gasteiger partial charge >= 0.3 is 11.9 Å². The molecule has 2 aliphatic heterocycles. The lowest BCUT2D eigenvalue weighted by molar-refractivity contribution is -0.160. The number of nitrogens with one attached hydrogen (secondary N) is 1. The summed E-state index contributed by atoms with van der Waals surface area (Å²) in [6.07, 6.45) is 2.07. The molecule has 0 aliphatic carbocycles. The van der Waals surface area contributed by atoms with E-state index in [4.69, 9.17) is 14.2 Å². The maximum atomic E-state index is 12.8. The molecule has 0 saturated carbocycles. The number of rotatable bonds is 8. The fraction of sp³-hybridized carbons (Fsp3) is 0.522. The van der Waals surface area contributed by atoms with E-state index in [1.807, 2.05) is 43.5 Å². The van der Waals surface area contributed by atoms with Gasteiger partial charge in [0.25, 0.3) is 0 Å². The zero-order chi connectivity index (χ0) is 22.1. The van der Waals surface area contributed by atoms with Crippen LogP contribution in [-0.2, 0) is 29.4 Å². The highest BCUT2D eigenvalue weighted by molar-refractivity contribution is 7.13. The minimum Gasteiger partial charge on any atom is -0.459 e. The van der Waals surface area contributed by atoms with E-state index in [0.29, 0.717) is 24.0 Å². The van der Waals surface area contributed by atoms with Crippen LogP contribution >= 0.6 is 11.3 Å². The van der Waals surface area contributed by atoms with Crippen LogP contribution in [0.1, 0.15) is 50.8 Å². The van der Waals surface area contributed by atoms with Crippen LogP contribution < -0.4 is 5.32 Å². The number of thiazole rings is 1. The summed E-state index contributed by atoms with van der Waals surface area (Å²) in [5.74, 6) is -1.05. The van der Waals surface area contributed by atoms with Crippen molar-refractivity contribution in [1.82, 2.24) is 4.98 Å². The van der Waals surface area contributed by atoms with E-state index < -0.39 is 29.1 Å². The normalized spacial score (nSPS) is 27.5. The summed E-state index contributed by atoms with van der Waals surface area (Å²) < 4.78 is 16.8. The Balaban J connectivity index is 1.45. The molecule has 0 radical (unpaired) electrons. The summed E-state index contributed by atoms with van der Waals surface area (Å²) in [4.78, 5) is 30.2. The fourth-order valence-electron chi connectivity index (χ4n) is 4.11. The largest absolute Gasteiger partial charge is 0.459 e. The van der Waals surface area contributed by atoms with Crippen molar-refractivity contribution in [2.75, 3.05) is 18.5 Å². The van der Waals surface area contributed by atoms with Gasteiger partial charge in [-0.15, -0.1) is 11.3 Å². The molecular weight excluding hydrogens is 416 g/mol. The molecule has 2 fully saturated rings. The fourth-order valence-corrected chi connectivity index (χ4v) is 4.96. The topological polar surface area (TPSA) is 86.8 Å². The number of cyclic esters (lactones) is 2. The molecule has 3 atom stereocenters. The van der Waals surface area contributed by atoms with Crippen molar-refractivity contribution in [3.05, 3.63) is 40.9 Å². The number of nitrogens with zero attached hydrogens (tertiary/aromatic N) is 1. The third-order valence-corrected chi connectivity index (χ3v) is 6.64. The minimum absolute atomic E-state index is 0.219. The van der Waals surface area contributed by atoms with Crippen LogP contribution in [0.5, 0.6) is 0 Å². The van der Waals surface area contributed by atoms with Gasteiger partial charge in [0, 0.05) is 30.5 Å². The number of anilines is 2. The van der Waals surface area contributed by atoms with Gasteiger partial charge in [-0.25, -0.2) is 4.98 Å². The molecule has 2 saturated heterocycles. The Hall–Kier alpha value is -2.45. The van der Waals surface area contributed by atoms with E-state index >= 15 is 0 Å². The summed E-state index contributed by atoms with van der Waals surface area (Å²) in [5.41, 5.74) is 0.493. The van der Waals surface area contributed by atoms with Crippen LogP contribution in [0.15, 0.2) is 29.6 Å². The first-order chi connectivity index (χ1) is 14.8. The highest BCUT2D eigenvalue weighted by atomic mass is 32.1.